The van der Waals surface area contributed by atoms with Gasteiger partial charge in [0, 0.05) is 24.2 Å². The van der Waals surface area contributed by atoms with E-state index in [1.165, 1.54) is 4.57 Å². The lowest BCUT2D eigenvalue weighted by atomic mass is 10.1. The maximum Gasteiger partial charge on any atom is 0.269 e. The van der Waals surface area contributed by atoms with Gasteiger partial charge >= 0.3 is 0 Å². The van der Waals surface area contributed by atoms with Gasteiger partial charge in [0.1, 0.15) is 10.8 Å². The maximum atomic E-state index is 11.9. The molecule has 0 saturated carbocycles. The summed E-state index contributed by atoms with van der Waals surface area (Å²) >= 11 is 9.30. The number of methoxy groups -OCH3 is 1. The zero-order chi connectivity index (χ0) is 14.7. The molecule has 0 amide bonds. The molecule has 0 aliphatic rings. The standard InChI is InChI=1S/C14H13BrClNO3/c1-17-13(6-5-12(16)14(17)18)10-4-3-9(7-11(10)15)20-8-19-2/h3-7H,8H2,1-2H3. The Balaban J connectivity index is 2.44. The molecule has 1 heterocycles. The number of hydrogen-bond donors (Lipinski definition) is 0. The summed E-state index contributed by atoms with van der Waals surface area (Å²) in [5.74, 6) is 0.682. The third-order valence-corrected chi connectivity index (χ3v) is 3.76. The van der Waals surface area contributed by atoms with Crippen LogP contribution in [0.2, 0.25) is 5.02 Å². The van der Waals surface area contributed by atoms with Crippen LogP contribution in [0.4, 0.5) is 0 Å². The Kier molecular flexibility index (Phi) is 4.86. The number of hydrogen-bond acceptors (Lipinski definition) is 3. The van der Waals surface area contributed by atoms with Crippen molar-refractivity contribution in [3.8, 4) is 17.0 Å². The fourth-order valence-corrected chi connectivity index (χ4v) is 2.55. The van der Waals surface area contributed by atoms with Crippen molar-refractivity contribution < 1.29 is 9.47 Å². The number of pyridine rings is 1. The summed E-state index contributed by atoms with van der Waals surface area (Å²) in [7, 11) is 3.25. The lowest BCUT2D eigenvalue weighted by Crippen LogP contribution is -2.18. The van der Waals surface area contributed by atoms with Crippen molar-refractivity contribution in [3.63, 3.8) is 0 Å². The van der Waals surface area contributed by atoms with Gasteiger partial charge in [0.05, 0.1) is 5.69 Å². The van der Waals surface area contributed by atoms with Crippen LogP contribution in [0.25, 0.3) is 11.3 Å². The second-order valence-electron chi connectivity index (χ2n) is 4.12. The molecule has 0 N–H and O–H groups in total. The first-order valence-electron chi connectivity index (χ1n) is 5.81. The van der Waals surface area contributed by atoms with Crippen molar-refractivity contribution in [1.29, 1.82) is 0 Å². The summed E-state index contributed by atoms with van der Waals surface area (Å²) in [4.78, 5) is 11.9. The van der Waals surface area contributed by atoms with Crippen molar-refractivity contribution in [2.45, 2.75) is 0 Å². The van der Waals surface area contributed by atoms with Gasteiger partial charge in [-0.2, -0.15) is 0 Å². The lowest BCUT2D eigenvalue weighted by molar-refractivity contribution is 0.0511. The molecular weight excluding hydrogens is 346 g/mol. The van der Waals surface area contributed by atoms with Crippen LogP contribution in [0.1, 0.15) is 0 Å². The number of ether oxygens (including phenoxy) is 2. The largest absolute Gasteiger partial charge is 0.468 e. The fraction of sp³-hybridized carbons (Fsp3) is 0.214. The Labute approximate surface area is 130 Å². The van der Waals surface area contributed by atoms with Crippen molar-refractivity contribution in [3.05, 3.63) is 50.2 Å². The third kappa shape index (κ3) is 3.06. The molecular formula is C14H13BrClNO3. The van der Waals surface area contributed by atoms with Gasteiger partial charge in [-0.05, 0) is 46.3 Å². The number of nitrogens with zero attached hydrogens (tertiary/aromatic N) is 1. The first kappa shape index (κ1) is 15.1. The first-order valence-corrected chi connectivity index (χ1v) is 6.99. The third-order valence-electron chi connectivity index (χ3n) is 2.82. The van der Waals surface area contributed by atoms with Gasteiger partial charge in [0.25, 0.3) is 5.56 Å². The average Bonchev–Trinajstić information content (AvgIpc) is 2.44. The highest BCUT2D eigenvalue weighted by Crippen LogP contribution is 2.31. The maximum absolute atomic E-state index is 11.9. The van der Waals surface area contributed by atoms with Crippen LogP contribution in [-0.2, 0) is 11.8 Å². The summed E-state index contributed by atoms with van der Waals surface area (Å²) in [6, 6.07) is 8.92. The van der Waals surface area contributed by atoms with E-state index in [1.807, 2.05) is 18.2 Å². The van der Waals surface area contributed by atoms with Gasteiger partial charge in [-0.1, -0.05) is 11.6 Å². The highest BCUT2D eigenvalue weighted by Gasteiger charge is 2.10. The van der Waals surface area contributed by atoms with Crippen LogP contribution >= 0.6 is 27.5 Å². The van der Waals surface area contributed by atoms with E-state index in [9.17, 15) is 4.79 Å². The molecule has 0 atom stereocenters. The molecule has 6 heteroatoms. The zero-order valence-corrected chi connectivity index (χ0v) is 13.4. The molecule has 0 spiro atoms. The van der Waals surface area contributed by atoms with E-state index in [1.54, 1.807) is 26.3 Å². The van der Waals surface area contributed by atoms with E-state index in [0.717, 1.165) is 15.7 Å². The van der Waals surface area contributed by atoms with Gasteiger partial charge in [-0.25, -0.2) is 0 Å². The average molecular weight is 359 g/mol. The van der Waals surface area contributed by atoms with Crippen molar-refractivity contribution >= 4 is 27.5 Å². The Morgan fingerprint density at radius 2 is 2.05 bits per heavy atom. The number of benzene rings is 1. The Morgan fingerprint density at radius 3 is 2.70 bits per heavy atom. The number of aromatic nitrogens is 1. The molecule has 0 aliphatic carbocycles. The van der Waals surface area contributed by atoms with Crippen LogP contribution < -0.4 is 10.3 Å². The highest BCUT2D eigenvalue weighted by molar-refractivity contribution is 9.10. The second kappa shape index (κ2) is 6.43. The smallest absolute Gasteiger partial charge is 0.269 e. The minimum Gasteiger partial charge on any atom is -0.468 e. The highest BCUT2D eigenvalue weighted by atomic mass is 79.9. The van der Waals surface area contributed by atoms with Crippen molar-refractivity contribution in [2.75, 3.05) is 13.9 Å². The predicted octanol–water partition coefficient (Wildman–Crippen LogP) is 3.45. The molecule has 1 aromatic heterocycles. The van der Waals surface area contributed by atoms with Crippen molar-refractivity contribution in [1.82, 2.24) is 4.57 Å². The van der Waals surface area contributed by atoms with Gasteiger partial charge in [0.2, 0.25) is 0 Å². The molecule has 20 heavy (non-hydrogen) atoms. The first-order chi connectivity index (χ1) is 9.54. The molecule has 0 unspecified atom stereocenters. The van der Waals surface area contributed by atoms with E-state index in [2.05, 4.69) is 15.9 Å². The van der Waals surface area contributed by atoms with Gasteiger partial charge in [-0.3, -0.25) is 4.79 Å². The van der Waals surface area contributed by atoms with Crippen molar-refractivity contribution in [2.24, 2.45) is 7.05 Å². The van der Waals surface area contributed by atoms with Crippen LogP contribution in [0.5, 0.6) is 5.75 Å². The minimum atomic E-state index is -0.226. The summed E-state index contributed by atoms with van der Waals surface area (Å²) in [6.45, 7) is 0.186. The second-order valence-corrected chi connectivity index (χ2v) is 5.38. The molecule has 2 rings (SSSR count). The number of halogens is 2. The van der Waals surface area contributed by atoms with Gasteiger partial charge < -0.3 is 14.0 Å². The molecule has 0 aliphatic heterocycles. The quantitative estimate of drug-likeness (QED) is 0.786. The monoisotopic (exact) mass is 357 g/mol. The van der Waals surface area contributed by atoms with E-state index >= 15 is 0 Å². The van der Waals surface area contributed by atoms with E-state index in [0.29, 0.717) is 5.75 Å². The molecule has 4 nitrogen and oxygen atoms in total. The van der Waals surface area contributed by atoms with E-state index in [-0.39, 0.29) is 17.4 Å². The summed E-state index contributed by atoms with van der Waals surface area (Å²) in [5, 5.41) is 0.201. The minimum absolute atomic E-state index is 0.186. The Hall–Kier alpha value is -1.30. The summed E-state index contributed by atoms with van der Waals surface area (Å²) in [6.07, 6.45) is 0. The molecule has 0 saturated heterocycles. The molecule has 0 fully saturated rings. The molecule has 1 aromatic carbocycles. The van der Waals surface area contributed by atoms with E-state index < -0.39 is 0 Å². The van der Waals surface area contributed by atoms with Crippen LogP contribution in [-0.4, -0.2) is 18.5 Å². The molecule has 0 radical (unpaired) electrons. The predicted molar refractivity (Wildman–Crippen MR) is 82.3 cm³/mol. The summed E-state index contributed by atoms with van der Waals surface area (Å²) in [5.41, 5.74) is 1.42. The molecule has 2 aromatic rings. The summed E-state index contributed by atoms with van der Waals surface area (Å²) < 4.78 is 12.5. The van der Waals surface area contributed by atoms with E-state index in [4.69, 9.17) is 21.1 Å². The lowest BCUT2D eigenvalue weighted by Gasteiger charge is -2.12. The van der Waals surface area contributed by atoms with Crippen LogP contribution in [0.3, 0.4) is 0 Å². The normalized spacial score (nSPS) is 10.6. The van der Waals surface area contributed by atoms with Crippen LogP contribution in [0, 0.1) is 0 Å². The van der Waals surface area contributed by atoms with Gasteiger partial charge in [0.15, 0.2) is 6.79 Å². The van der Waals surface area contributed by atoms with Crippen LogP contribution in [0.15, 0.2) is 39.6 Å². The molecule has 106 valence electrons. The fourth-order valence-electron chi connectivity index (χ4n) is 1.80. The SMILES string of the molecule is COCOc1ccc(-c2ccc(Cl)c(=O)n2C)c(Br)c1. The van der Waals surface area contributed by atoms with Gasteiger partial charge in [-0.15, -0.1) is 0 Å². The Morgan fingerprint density at radius 1 is 1.30 bits per heavy atom. The zero-order valence-electron chi connectivity index (χ0n) is 11.0. The molecule has 0 bridgehead atoms. The Bertz CT molecular complexity index is 685. The topological polar surface area (TPSA) is 40.5 Å². The number of rotatable bonds is 4.